The van der Waals surface area contributed by atoms with Gasteiger partial charge in [0.25, 0.3) is 0 Å². The standard InChI is InChI=1S/C16H21BrN4O3/c1-22-9-7-21(8-10-23-2)15-14(18)16(20-11-19-15)24-13-5-3-12(17)4-6-13/h3-6,11H,7-10,18H2,1-2H3. The van der Waals surface area contributed by atoms with Crippen LogP contribution in [0.15, 0.2) is 35.1 Å². The molecule has 0 spiro atoms. The van der Waals surface area contributed by atoms with E-state index in [1.807, 2.05) is 29.2 Å². The molecule has 7 nitrogen and oxygen atoms in total. The topological polar surface area (TPSA) is 82.7 Å². The highest BCUT2D eigenvalue weighted by molar-refractivity contribution is 9.10. The van der Waals surface area contributed by atoms with E-state index in [4.69, 9.17) is 19.9 Å². The molecule has 2 aromatic rings. The lowest BCUT2D eigenvalue weighted by molar-refractivity contribution is 0.190. The van der Waals surface area contributed by atoms with Crippen molar-refractivity contribution in [1.29, 1.82) is 0 Å². The molecule has 130 valence electrons. The van der Waals surface area contributed by atoms with E-state index >= 15 is 0 Å². The average molecular weight is 397 g/mol. The Morgan fingerprint density at radius 3 is 2.25 bits per heavy atom. The number of hydrogen-bond donors (Lipinski definition) is 1. The molecule has 24 heavy (non-hydrogen) atoms. The van der Waals surface area contributed by atoms with Crippen molar-refractivity contribution in [2.24, 2.45) is 0 Å². The summed E-state index contributed by atoms with van der Waals surface area (Å²) in [6, 6.07) is 7.44. The zero-order chi connectivity index (χ0) is 17.4. The second kappa shape index (κ2) is 9.41. The summed E-state index contributed by atoms with van der Waals surface area (Å²) >= 11 is 3.39. The van der Waals surface area contributed by atoms with Crippen LogP contribution < -0.4 is 15.4 Å². The second-order valence-electron chi connectivity index (χ2n) is 4.94. The SMILES string of the molecule is COCCN(CCOC)c1ncnc(Oc2ccc(Br)cc2)c1N. The Hall–Kier alpha value is -1.90. The number of benzene rings is 1. The minimum Gasteiger partial charge on any atom is -0.437 e. The van der Waals surface area contributed by atoms with Gasteiger partial charge in [0, 0.05) is 31.8 Å². The first kappa shape index (κ1) is 18.4. The molecule has 0 radical (unpaired) electrons. The fourth-order valence-corrected chi connectivity index (χ4v) is 2.31. The van der Waals surface area contributed by atoms with E-state index in [0.29, 0.717) is 49.4 Å². The van der Waals surface area contributed by atoms with Gasteiger partial charge >= 0.3 is 0 Å². The molecule has 0 fully saturated rings. The van der Waals surface area contributed by atoms with Crippen molar-refractivity contribution in [3.8, 4) is 11.6 Å². The van der Waals surface area contributed by atoms with Gasteiger partial charge < -0.3 is 24.8 Å². The van der Waals surface area contributed by atoms with Gasteiger partial charge in [0.15, 0.2) is 5.82 Å². The van der Waals surface area contributed by atoms with Gasteiger partial charge in [-0.05, 0) is 24.3 Å². The normalized spacial score (nSPS) is 10.6. The minimum absolute atomic E-state index is 0.321. The van der Waals surface area contributed by atoms with Crippen LogP contribution in [0, 0.1) is 0 Å². The molecule has 1 aromatic carbocycles. The summed E-state index contributed by atoms with van der Waals surface area (Å²) in [4.78, 5) is 10.4. The lowest BCUT2D eigenvalue weighted by atomic mass is 10.3. The van der Waals surface area contributed by atoms with Crippen molar-refractivity contribution in [3.63, 3.8) is 0 Å². The number of aromatic nitrogens is 2. The maximum absolute atomic E-state index is 6.22. The van der Waals surface area contributed by atoms with Gasteiger partial charge in [-0.2, -0.15) is 4.98 Å². The fourth-order valence-electron chi connectivity index (χ4n) is 2.04. The van der Waals surface area contributed by atoms with E-state index in [2.05, 4.69) is 25.9 Å². The number of anilines is 2. The number of ether oxygens (including phenoxy) is 3. The third-order valence-corrected chi connectivity index (χ3v) is 3.81. The summed E-state index contributed by atoms with van der Waals surface area (Å²) in [7, 11) is 3.31. The van der Waals surface area contributed by atoms with Gasteiger partial charge in [0.05, 0.1) is 13.2 Å². The zero-order valence-electron chi connectivity index (χ0n) is 13.7. The third kappa shape index (κ3) is 5.05. The molecule has 0 saturated carbocycles. The molecule has 2 rings (SSSR count). The summed E-state index contributed by atoms with van der Waals surface area (Å²) in [5.41, 5.74) is 6.60. The molecule has 0 aliphatic carbocycles. The highest BCUT2D eigenvalue weighted by Gasteiger charge is 2.16. The highest BCUT2D eigenvalue weighted by Crippen LogP contribution is 2.31. The van der Waals surface area contributed by atoms with Gasteiger partial charge in [0.2, 0.25) is 5.88 Å². The Morgan fingerprint density at radius 2 is 1.67 bits per heavy atom. The van der Waals surface area contributed by atoms with Crippen LogP contribution >= 0.6 is 15.9 Å². The molecule has 0 amide bonds. The van der Waals surface area contributed by atoms with Crippen molar-refractivity contribution in [3.05, 3.63) is 35.1 Å². The van der Waals surface area contributed by atoms with Crippen LogP contribution in [-0.2, 0) is 9.47 Å². The van der Waals surface area contributed by atoms with Crippen LogP contribution in [-0.4, -0.2) is 50.5 Å². The van der Waals surface area contributed by atoms with Gasteiger partial charge in [-0.1, -0.05) is 15.9 Å². The zero-order valence-corrected chi connectivity index (χ0v) is 15.3. The second-order valence-corrected chi connectivity index (χ2v) is 5.86. The van der Waals surface area contributed by atoms with Crippen LogP contribution in [0.5, 0.6) is 11.6 Å². The number of nitrogens with zero attached hydrogens (tertiary/aromatic N) is 3. The van der Waals surface area contributed by atoms with E-state index in [1.165, 1.54) is 6.33 Å². The molecule has 1 heterocycles. The number of nitrogen functional groups attached to an aromatic ring is 1. The Labute approximate surface area is 149 Å². The summed E-state index contributed by atoms with van der Waals surface area (Å²) in [6.45, 7) is 2.38. The van der Waals surface area contributed by atoms with Crippen molar-refractivity contribution >= 4 is 27.4 Å². The predicted molar refractivity (Wildman–Crippen MR) is 96.6 cm³/mol. The Morgan fingerprint density at radius 1 is 1.04 bits per heavy atom. The number of methoxy groups -OCH3 is 2. The highest BCUT2D eigenvalue weighted by atomic mass is 79.9. The van der Waals surface area contributed by atoms with Crippen LogP contribution in [0.1, 0.15) is 0 Å². The first-order valence-corrected chi connectivity index (χ1v) is 8.21. The number of halogens is 1. The maximum atomic E-state index is 6.22. The minimum atomic E-state index is 0.321. The quantitative estimate of drug-likeness (QED) is 0.697. The number of rotatable bonds is 9. The summed E-state index contributed by atoms with van der Waals surface area (Å²) < 4.78 is 17.0. The van der Waals surface area contributed by atoms with Gasteiger partial charge in [-0.3, -0.25) is 0 Å². The lowest BCUT2D eigenvalue weighted by Crippen LogP contribution is -2.32. The smallest absolute Gasteiger partial charge is 0.248 e. The summed E-state index contributed by atoms with van der Waals surface area (Å²) in [5, 5.41) is 0. The number of hydrogen-bond acceptors (Lipinski definition) is 7. The molecule has 2 N–H and O–H groups in total. The van der Waals surface area contributed by atoms with Crippen molar-refractivity contribution < 1.29 is 14.2 Å². The molecule has 8 heteroatoms. The molecular weight excluding hydrogens is 376 g/mol. The van der Waals surface area contributed by atoms with Crippen LogP contribution in [0.2, 0.25) is 0 Å². The summed E-state index contributed by atoms with van der Waals surface area (Å²) in [5.74, 6) is 1.57. The van der Waals surface area contributed by atoms with Crippen LogP contribution in [0.3, 0.4) is 0 Å². The molecule has 0 atom stereocenters. The molecular formula is C16H21BrN4O3. The molecule has 0 unspecified atom stereocenters. The predicted octanol–water partition coefficient (Wildman–Crippen LogP) is 2.71. The average Bonchev–Trinajstić information content (AvgIpc) is 2.59. The van der Waals surface area contributed by atoms with E-state index in [1.54, 1.807) is 14.2 Å². The van der Waals surface area contributed by atoms with E-state index in [-0.39, 0.29) is 0 Å². The Balaban J connectivity index is 2.22. The number of nitrogens with two attached hydrogens (primary N) is 1. The summed E-state index contributed by atoms with van der Waals surface area (Å²) in [6.07, 6.45) is 1.44. The molecule has 0 aliphatic heterocycles. The van der Waals surface area contributed by atoms with E-state index in [0.717, 1.165) is 4.47 Å². The molecule has 1 aromatic heterocycles. The lowest BCUT2D eigenvalue weighted by Gasteiger charge is -2.24. The van der Waals surface area contributed by atoms with Gasteiger partial charge in [-0.25, -0.2) is 4.98 Å². The van der Waals surface area contributed by atoms with Crippen molar-refractivity contribution in [2.45, 2.75) is 0 Å². The largest absolute Gasteiger partial charge is 0.437 e. The van der Waals surface area contributed by atoms with Gasteiger partial charge in [0.1, 0.15) is 17.8 Å². The molecule has 0 saturated heterocycles. The fraction of sp³-hybridized carbons (Fsp3) is 0.375. The first-order valence-electron chi connectivity index (χ1n) is 7.42. The van der Waals surface area contributed by atoms with Gasteiger partial charge in [-0.15, -0.1) is 0 Å². The van der Waals surface area contributed by atoms with E-state index < -0.39 is 0 Å². The van der Waals surface area contributed by atoms with Crippen LogP contribution in [0.25, 0.3) is 0 Å². The maximum Gasteiger partial charge on any atom is 0.248 e. The Kier molecular flexibility index (Phi) is 7.23. The van der Waals surface area contributed by atoms with Crippen molar-refractivity contribution in [2.75, 3.05) is 51.2 Å². The first-order chi connectivity index (χ1) is 11.7. The van der Waals surface area contributed by atoms with Crippen LogP contribution in [0.4, 0.5) is 11.5 Å². The van der Waals surface area contributed by atoms with Crippen molar-refractivity contribution in [1.82, 2.24) is 9.97 Å². The van der Waals surface area contributed by atoms with E-state index in [9.17, 15) is 0 Å². The third-order valence-electron chi connectivity index (χ3n) is 3.28. The monoisotopic (exact) mass is 396 g/mol. The Bertz CT molecular complexity index is 632. The molecule has 0 bridgehead atoms. The molecule has 0 aliphatic rings.